The normalized spacial score (nSPS) is 10.6. The van der Waals surface area contributed by atoms with Gasteiger partial charge in [-0.3, -0.25) is 14.9 Å². The minimum atomic E-state index is -0.460. The number of nitrogens with zero attached hydrogens (tertiary/aromatic N) is 4. The maximum atomic E-state index is 12.6. The van der Waals surface area contributed by atoms with Crippen molar-refractivity contribution in [1.82, 2.24) is 20.0 Å². The molecule has 0 atom stereocenters. The third-order valence-electron chi connectivity index (χ3n) is 4.25. The zero-order valence-electron chi connectivity index (χ0n) is 16.9. The van der Waals surface area contributed by atoms with Gasteiger partial charge in [-0.15, -0.1) is 10.2 Å². The molecule has 0 radical (unpaired) electrons. The van der Waals surface area contributed by atoms with Crippen molar-refractivity contribution in [3.8, 4) is 5.75 Å². The molecule has 2 aromatic heterocycles. The van der Waals surface area contributed by atoms with E-state index in [1.54, 1.807) is 11.8 Å². The van der Waals surface area contributed by atoms with Gasteiger partial charge in [-0.1, -0.05) is 71.6 Å². The van der Waals surface area contributed by atoms with Gasteiger partial charge in [0, 0.05) is 11.8 Å². The Kier molecular flexibility index (Phi) is 7.26. The summed E-state index contributed by atoms with van der Waals surface area (Å²) in [6.45, 7) is 0.467. The van der Waals surface area contributed by atoms with Crippen molar-refractivity contribution in [3.05, 3.63) is 94.4 Å². The standard InChI is InChI=1S/C22H19N5O3S2/c28-19-12-11-18(26-27(19)13-14-30-17-9-5-2-6-10-17)20(29)23-21-24-25-22(32-21)31-15-16-7-3-1-4-8-16/h1-12H,13-15H2,(H,23,24,29). The Morgan fingerprint density at radius 3 is 2.53 bits per heavy atom. The van der Waals surface area contributed by atoms with Crippen molar-refractivity contribution in [1.29, 1.82) is 0 Å². The molecule has 0 saturated heterocycles. The summed E-state index contributed by atoms with van der Waals surface area (Å²) in [5.41, 5.74) is 0.979. The van der Waals surface area contributed by atoms with E-state index >= 15 is 0 Å². The van der Waals surface area contributed by atoms with Crippen molar-refractivity contribution in [2.75, 3.05) is 11.9 Å². The molecular formula is C22H19N5O3S2. The molecule has 0 bridgehead atoms. The van der Waals surface area contributed by atoms with Crippen LogP contribution in [0.1, 0.15) is 16.1 Å². The molecule has 8 nitrogen and oxygen atoms in total. The highest BCUT2D eigenvalue weighted by atomic mass is 32.2. The van der Waals surface area contributed by atoms with Crippen molar-refractivity contribution < 1.29 is 9.53 Å². The van der Waals surface area contributed by atoms with Gasteiger partial charge in [-0.05, 0) is 23.8 Å². The van der Waals surface area contributed by atoms with Crippen LogP contribution in [0.4, 0.5) is 5.13 Å². The molecule has 10 heteroatoms. The SMILES string of the molecule is O=C(Nc1nnc(SCc2ccccc2)s1)c1ccc(=O)n(CCOc2ccccc2)n1. The number of nitrogens with one attached hydrogen (secondary N) is 1. The lowest BCUT2D eigenvalue weighted by atomic mass is 10.2. The number of aromatic nitrogens is 4. The van der Waals surface area contributed by atoms with Crippen LogP contribution in [0.2, 0.25) is 0 Å². The Morgan fingerprint density at radius 2 is 1.75 bits per heavy atom. The van der Waals surface area contributed by atoms with Gasteiger partial charge in [0.25, 0.3) is 11.5 Å². The first kappa shape index (κ1) is 21.7. The van der Waals surface area contributed by atoms with E-state index in [0.717, 1.165) is 10.1 Å². The third kappa shape index (κ3) is 6.02. The highest BCUT2D eigenvalue weighted by Crippen LogP contribution is 2.28. The van der Waals surface area contributed by atoms with Gasteiger partial charge in [-0.2, -0.15) is 5.10 Å². The molecule has 0 aliphatic carbocycles. The predicted octanol–water partition coefficient (Wildman–Crippen LogP) is 3.72. The summed E-state index contributed by atoms with van der Waals surface area (Å²) in [7, 11) is 0. The second kappa shape index (κ2) is 10.7. The molecule has 1 N–H and O–H groups in total. The summed E-state index contributed by atoms with van der Waals surface area (Å²) in [5, 5.41) is 15.3. The number of hydrogen-bond donors (Lipinski definition) is 1. The number of amides is 1. The quantitative estimate of drug-likeness (QED) is 0.297. The van der Waals surface area contributed by atoms with Crippen molar-refractivity contribution in [2.45, 2.75) is 16.6 Å². The molecule has 4 aromatic rings. The Hall–Kier alpha value is -3.50. The van der Waals surface area contributed by atoms with Gasteiger partial charge in [0.2, 0.25) is 5.13 Å². The lowest BCUT2D eigenvalue weighted by molar-refractivity contribution is 0.101. The van der Waals surface area contributed by atoms with Crippen LogP contribution < -0.4 is 15.6 Å². The van der Waals surface area contributed by atoms with Crippen LogP contribution in [0, 0.1) is 0 Å². The molecule has 4 rings (SSSR count). The molecule has 1 amide bonds. The smallest absolute Gasteiger partial charge is 0.277 e. The maximum absolute atomic E-state index is 12.6. The minimum Gasteiger partial charge on any atom is -0.492 e. The first-order chi connectivity index (χ1) is 15.7. The monoisotopic (exact) mass is 465 g/mol. The topological polar surface area (TPSA) is 99.0 Å². The molecule has 2 aromatic carbocycles. The molecule has 0 aliphatic rings. The molecule has 0 fully saturated rings. The van der Waals surface area contributed by atoms with Gasteiger partial charge in [-0.25, -0.2) is 4.68 Å². The number of hydrogen-bond acceptors (Lipinski definition) is 8. The van der Waals surface area contributed by atoms with Gasteiger partial charge >= 0.3 is 0 Å². The van der Waals surface area contributed by atoms with Gasteiger partial charge in [0.1, 0.15) is 18.1 Å². The zero-order valence-corrected chi connectivity index (χ0v) is 18.5. The predicted molar refractivity (Wildman–Crippen MR) is 124 cm³/mol. The van der Waals surface area contributed by atoms with E-state index < -0.39 is 5.91 Å². The molecule has 2 heterocycles. The summed E-state index contributed by atoms with van der Waals surface area (Å²) in [5.74, 6) is 1.01. The maximum Gasteiger partial charge on any atom is 0.277 e. The Morgan fingerprint density at radius 1 is 1.00 bits per heavy atom. The van der Waals surface area contributed by atoms with E-state index in [9.17, 15) is 9.59 Å². The fourth-order valence-corrected chi connectivity index (χ4v) is 4.40. The van der Waals surface area contributed by atoms with Crippen LogP contribution in [0.25, 0.3) is 0 Å². The van der Waals surface area contributed by atoms with Gasteiger partial charge < -0.3 is 4.74 Å². The first-order valence-electron chi connectivity index (χ1n) is 9.75. The van der Waals surface area contributed by atoms with Crippen LogP contribution in [0.3, 0.4) is 0 Å². The average molecular weight is 466 g/mol. The van der Waals surface area contributed by atoms with Crippen LogP contribution in [-0.2, 0) is 12.3 Å². The Balaban J connectivity index is 1.33. The zero-order chi connectivity index (χ0) is 22.2. The van der Waals surface area contributed by atoms with E-state index in [1.807, 2.05) is 60.7 Å². The molecule has 0 unspecified atom stereocenters. The second-order valence-electron chi connectivity index (χ2n) is 6.54. The number of thioether (sulfide) groups is 1. The molecule has 0 saturated carbocycles. The molecule has 162 valence electrons. The van der Waals surface area contributed by atoms with E-state index in [2.05, 4.69) is 20.6 Å². The summed E-state index contributed by atoms with van der Waals surface area (Å²) in [4.78, 5) is 24.7. The van der Waals surface area contributed by atoms with E-state index in [0.29, 0.717) is 10.9 Å². The number of ether oxygens (including phenoxy) is 1. The van der Waals surface area contributed by atoms with Crippen LogP contribution in [-0.4, -0.2) is 32.5 Å². The fraction of sp³-hybridized carbons (Fsp3) is 0.136. The van der Waals surface area contributed by atoms with Crippen molar-refractivity contribution in [3.63, 3.8) is 0 Å². The van der Waals surface area contributed by atoms with Gasteiger partial charge in [0.15, 0.2) is 4.34 Å². The number of anilines is 1. The number of benzene rings is 2. The van der Waals surface area contributed by atoms with Crippen LogP contribution in [0.5, 0.6) is 5.75 Å². The molecule has 0 spiro atoms. The van der Waals surface area contributed by atoms with Crippen molar-refractivity contribution in [2.24, 2.45) is 0 Å². The largest absolute Gasteiger partial charge is 0.492 e. The number of para-hydroxylation sites is 1. The average Bonchev–Trinajstić information content (AvgIpc) is 3.27. The fourth-order valence-electron chi connectivity index (χ4n) is 2.70. The van der Waals surface area contributed by atoms with E-state index in [-0.39, 0.29) is 24.4 Å². The number of carbonyl (C=O) groups excluding carboxylic acids is 1. The van der Waals surface area contributed by atoms with Crippen LogP contribution in [0.15, 0.2) is 81.9 Å². The number of rotatable bonds is 9. The molecular weight excluding hydrogens is 446 g/mol. The minimum absolute atomic E-state index is 0.109. The summed E-state index contributed by atoms with van der Waals surface area (Å²) >= 11 is 2.83. The summed E-state index contributed by atoms with van der Waals surface area (Å²) in [6.07, 6.45) is 0. The van der Waals surface area contributed by atoms with E-state index in [4.69, 9.17) is 4.74 Å². The lowest BCUT2D eigenvalue weighted by Crippen LogP contribution is -2.28. The Labute approximate surface area is 192 Å². The van der Waals surface area contributed by atoms with E-state index in [1.165, 1.54) is 33.7 Å². The highest BCUT2D eigenvalue weighted by molar-refractivity contribution is 8.00. The summed E-state index contributed by atoms with van der Waals surface area (Å²) < 4.78 is 7.56. The van der Waals surface area contributed by atoms with Crippen molar-refractivity contribution >= 4 is 34.1 Å². The van der Waals surface area contributed by atoms with Gasteiger partial charge in [0.05, 0.1) is 6.54 Å². The molecule has 32 heavy (non-hydrogen) atoms. The summed E-state index contributed by atoms with van der Waals surface area (Å²) in [6, 6.07) is 22.0. The lowest BCUT2D eigenvalue weighted by Gasteiger charge is -2.08. The van der Waals surface area contributed by atoms with Crippen LogP contribution >= 0.6 is 23.1 Å². The molecule has 0 aliphatic heterocycles. The highest BCUT2D eigenvalue weighted by Gasteiger charge is 2.13. The second-order valence-corrected chi connectivity index (χ2v) is 8.74. The third-order valence-corrected chi connectivity index (χ3v) is 6.29. The Bertz CT molecular complexity index is 1230. The first-order valence-corrected chi connectivity index (χ1v) is 11.6. The number of carbonyl (C=O) groups is 1.